The van der Waals surface area contributed by atoms with E-state index in [1.165, 1.54) is 41.3 Å². The van der Waals surface area contributed by atoms with E-state index in [0.717, 1.165) is 18.2 Å². The van der Waals surface area contributed by atoms with Crippen LogP contribution in [0.4, 0.5) is 41.1 Å². The van der Waals surface area contributed by atoms with Crippen LogP contribution in [0.5, 0.6) is 5.75 Å². The minimum atomic E-state index is -4.61. The SMILES string of the molecule is CNc1ncc2c(n1)N(CC(=O)NC(C)C)C(=O)N(c1cc(NC(=O)c3cccc(C(F)(F)F)c3)cc(OC)c1)C2. The minimum Gasteiger partial charge on any atom is -0.497 e. The maximum atomic E-state index is 13.8. The number of carbonyl (C=O) groups is 3. The first-order valence-corrected chi connectivity index (χ1v) is 12.5. The summed E-state index contributed by atoms with van der Waals surface area (Å²) in [5.41, 5.74) is -0.137. The highest BCUT2D eigenvalue weighted by molar-refractivity contribution is 6.09. The lowest BCUT2D eigenvalue weighted by Crippen LogP contribution is -2.52. The van der Waals surface area contributed by atoms with Gasteiger partial charge in [0, 0.05) is 48.2 Å². The third kappa shape index (κ3) is 6.65. The number of fused-ring (bicyclic) bond motifs is 1. The van der Waals surface area contributed by atoms with E-state index >= 15 is 0 Å². The molecule has 11 nitrogen and oxygen atoms in total. The Labute approximate surface area is 233 Å². The highest BCUT2D eigenvalue weighted by Crippen LogP contribution is 2.35. The summed E-state index contributed by atoms with van der Waals surface area (Å²) in [5.74, 6) is -0.381. The summed E-state index contributed by atoms with van der Waals surface area (Å²) in [6.45, 7) is 3.31. The number of aromatic nitrogens is 2. The molecule has 1 aromatic heterocycles. The van der Waals surface area contributed by atoms with E-state index in [0.29, 0.717) is 11.3 Å². The number of hydrogen-bond acceptors (Lipinski definition) is 7. The number of hydrogen-bond donors (Lipinski definition) is 3. The van der Waals surface area contributed by atoms with Crippen molar-refractivity contribution in [1.82, 2.24) is 15.3 Å². The molecule has 0 saturated carbocycles. The largest absolute Gasteiger partial charge is 0.497 e. The normalized spacial score (nSPS) is 13.1. The average molecular weight is 572 g/mol. The molecule has 3 N–H and O–H groups in total. The van der Waals surface area contributed by atoms with E-state index in [9.17, 15) is 27.6 Å². The monoisotopic (exact) mass is 571 g/mol. The van der Waals surface area contributed by atoms with Gasteiger partial charge in [0.25, 0.3) is 5.91 Å². The van der Waals surface area contributed by atoms with Gasteiger partial charge >= 0.3 is 12.2 Å². The van der Waals surface area contributed by atoms with Crippen LogP contribution in [-0.4, -0.2) is 54.6 Å². The van der Waals surface area contributed by atoms with Crippen molar-refractivity contribution >= 4 is 41.0 Å². The molecular weight excluding hydrogens is 543 g/mol. The lowest BCUT2D eigenvalue weighted by Gasteiger charge is -2.36. The summed E-state index contributed by atoms with van der Waals surface area (Å²) in [4.78, 5) is 50.4. The number of amides is 4. The summed E-state index contributed by atoms with van der Waals surface area (Å²) in [6.07, 6.45) is -3.07. The molecule has 1 aliphatic heterocycles. The Morgan fingerprint density at radius 1 is 1.15 bits per heavy atom. The van der Waals surface area contributed by atoms with Gasteiger partial charge in [-0.25, -0.2) is 9.78 Å². The zero-order chi connectivity index (χ0) is 29.9. The predicted octanol–water partition coefficient (Wildman–Crippen LogP) is 4.27. The second-order valence-corrected chi connectivity index (χ2v) is 9.42. The Kier molecular flexibility index (Phi) is 8.31. The topological polar surface area (TPSA) is 129 Å². The molecule has 4 amide bonds. The van der Waals surface area contributed by atoms with Crippen molar-refractivity contribution in [3.05, 3.63) is 65.4 Å². The quantitative estimate of drug-likeness (QED) is 0.368. The van der Waals surface area contributed by atoms with Crippen LogP contribution in [0.2, 0.25) is 0 Å². The summed E-state index contributed by atoms with van der Waals surface area (Å²) in [7, 11) is 3.01. The lowest BCUT2D eigenvalue weighted by molar-refractivity contribution is -0.137. The molecule has 14 heteroatoms. The fourth-order valence-corrected chi connectivity index (χ4v) is 4.16. The van der Waals surface area contributed by atoms with Crippen LogP contribution in [-0.2, 0) is 17.5 Å². The van der Waals surface area contributed by atoms with E-state index in [2.05, 4.69) is 25.9 Å². The molecule has 0 atom stereocenters. The Morgan fingerprint density at radius 2 is 1.90 bits per heavy atom. The molecule has 2 aromatic carbocycles. The van der Waals surface area contributed by atoms with E-state index < -0.39 is 29.6 Å². The average Bonchev–Trinajstić information content (AvgIpc) is 2.93. The molecule has 0 radical (unpaired) electrons. The maximum Gasteiger partial charge on any atom is 0.416 e. The van der Waals surface area contributed by atoms with Crippen molar-refractivity contribution < 1.29 is 32.3 Å². The van der Waals surface area contributed by atoms with Gasteiger partial charge in [-0.3, -0.25) is 19.4 Å². The van der Waals surface area contributed by atoms with E-state index in [1.54, 1.807) is 27.0 Å². The van der Waals surface area contributed by atoms with E-state index in [4.69, 9.17) is 4.74 Å². The molecule has 1 aliphatic rings. The van der Waals surface area contributed by atoms with E-state index in [1.807, 2.05) is 0 Å². The van der Waals surface area contributed by atoms with Crippen molar-refractivity contribution in [1.29, 1.82) is 0 Å². The van der Waals surface area contributed by atoms with Crippen molar-refractivity contribution in [2.24, 2.45) is 0 Å². The number of alkyl halides is 3. The number of benzene rings is 2. The number of anilines is 4. The summed E-state index contributed by atoms with van der Waals surface area (Å²) in [5, 5.41) is 8.14. The van der Waals surface area contributed by atoms with Crippen LogP contribution < -0.4 is 30.5 Å². The van der Waals surface area contributed by atoms with Gasteiger partial charge in [0.1, 0.15) is 18.1 Å². The zero-order valence-corrected chi connectivity index (χ0v) is 22.7. The third-order valence-electron chi connectivity index (χ3n) is 6.01. The highest BCUT2D eigenvalue weighted by Gasteiger charge is 2.35. The van der Waals surface area contributed by atoms with Crippen LogP contribution in [0, 0.1) is 0 Å². The predicted molar refractivity (Wildman–Crippen MR) is 146 cm³/mol. The molecule has 0 unspecified atom stereocenters. The number of nitrogens with zero attached hydrogens (tertiary/aromatic N) is 4. The molecule has 0 fully saturated rings. The van der Waals surface area contributed by atoms with Crippen LogP contribution >= 0.6 is 0 Å². The first-order chi connectivity index (χ1) is 19.4. The number of urea groups is 1. The maximum absolute atomic E-state index is 13.8. The van der Waals surface area contributed by atoms with Gasteiger partial charge in [-0.2, -0.15) is 18.2 Å². The molecule has 0 spiro atoms. The minimum absolute atomic E-state index is 0.0364. The van der Waals surface area contributed by atoms with Crippen molar-refractivity contribution in [2.45, 2.75) is 32.6 Å². The zero-order valence-electron chi connectivity index (χ0n) is 22.7. The molecular formula is C27H28F3N7O4. The van der Waals surface area contributed by atoms with Gasteiger partial charge < -0.3 is 20.7 Å². The number of methoxy groups -OCH3 is 1. The Hall–Kier alpha value is -4.88. The molecule has 0 aliphatic carbocycles. The molecule has 41 heavy (non-hydrogen) atoms. The van der Waals surface area contributed by atoms with Crippen LogP contribution in [0.15, 0.2) is 48.7 Å². The molecule has 3 aromatic rings. The van der Waals surface area contributed by atoms with Crippen molar-refractivity contribution in [3.8, 4) is 5.75 Å². The van der Waals surface area contributed by atoms with Gasteiger partial charge in [0.2, 0.25) is 11.9 Å². The number of carbonyl (C=O) groups excluding carboxylic acids is 3. The Balaban J connectivity index is 1.68. The third-order valence-corrected chi connectivity index (χ3v) is 6.01. The fraction of sp³-hybridized carbons (Fsp3) is 0.296. The smallest absolute Gasteiger partial charge is 0.416 e. The van der Waals surface area contributed by atoms with Gasteiger partial charge in [-0.15, -0.1) is 0 Å². The number of nitrogens with one attached hydrogen (secondary N) is 3. The van der Waals surface area contributed by atoms with Gasteiger partial charge in [0.15, 0.2) is 0 Å². The molecule has 216 valence electrons. The van der Waals surface area contributed by atoms with Gasteiger partial charge in [0.05, 0.1) is 24.9 Å². The molecule has 2 heterocycles. The molecule has 4 rings (SSSR count). The van der Waals surface area contributed by atoms with E-state index in [-0.39, 0.29) is 47.9 Å². The summed E-state index contributed by atoms with van der Waals surface area (Å²) >= 11 is 0. The van der Waals surface area contributed by atoms with Crippen molar-refractivity contribution in [3.63, 3.8) is 0 Å². The summed E-state index contributed by atoms with van der Waals surface area (Å²) < 4.78 is 44.8. The second kappa shape index (κ2) is 11.7. The standard InChI is InChI=1S/C27H28F3N7O4/c1-15(2)33-22(38)14-37-23-17(12-32-25(31-3)35-23)13-36(26(37)40)20-9-19(10-21(11-20)41-4)34-24(39)16-6-5-7-18(8-16)27(28,29)30/h5-12,15H,13-14H2,1-4H3,(H,33,38)(H,34,39)(H,31,32,35). The van der Waals surface area contributed by atoms with Gasteiger partial charge in [-0.05, 0) is 38.1 Å². The van der Waals surface area contributed by atoms with Crippen LogP contribution in [0.1, 0.15) is 35.3 Å². The summed E-state index contributed by atoms with van der Waals surface area (Å²) in [6, 6.07) is 7.80. The first kappa shape index (κ1) is 29.1. The number of ether oxygens (including phenoxy) is 1. The molecule has 0 saturated heterocycles. The fourth-order valence-electron chi connectivity index (χ4n) is 4.16. The lowest BCUT2D eigenvalue weighted by atomic mass is 10.1. The number of halogens is 3. The Morgan fingerprint density at radius 3 is 2.56 bits per heavy atom. The number of rotatable bonds is 8. The highest BCUT2D eigenvalue weighted by atomic mass is 19.4. The van der Waals surface area contributed by atoms with Crippen molar-refractivity contribution in [2.75, 3.05) is 41.1 Å². The second-order valence-electron chi connectivity index (χ2n) is 9.42. The van der Waals surface area contributed by atoms with Crippen LogP contribution in [0.25, 0.3) is 0 Å². The first-order valence-electron chi connectivity index (χ1n) is 12.5. The molecule has 0 bridgehead atoms. The van der Waals surface area contributed by atoms with Crippen LogP contribution in [0.3, 0.4) is 0 Å². The van der Waals surface area contributed by atoms with Gasteiger partial charge in [-0.1, -0.05) is 6.07 Å². The Bertz CT molecular complexity index is 1480.